The highest BCUT2D eigenvalue weighted by molar-refractivity contribution is 5.66. The summed E-state index contributed by atoms with van der Waals surface area (Å²) in [6, 6.07) is 20.8. The van der Waals surface area contributed by atoms with Crippen LogP contribution < -0.4 is 4.74 Å². The third-order valence-corrected chi connectivity index (χ3v) is 5.76. The van der Waals surface area contributed by atoms with E-state index in [1.165, 1.54) is 5.56 Å². The quantitative estimate of drug-likeness (QED) is 0.530. The van der Waals surface area contributed by atoms with Crippen molar-refractivity contribution < 1.29 is 14.6 Å². The predicted molar refractivity (Wildman–Crippen MR) is 120 cm³/mol. The number of carbonyl (C=O) groups is 1. The molecule has 0 spiro atoms. The number of hydrogen-bond donors (Lipinski definition) is 1. The minimum atomic E-state index is -0.724. The molecule has 6 nitrogen and oxygen atoms in total. The van der Waals surface area contributed by atoms with E-state index in [1.54, 1.807) is 0 Å². The monoisotopic (exact) mass is 419 g/mol. The van der Waals surface area contributed by atoms with Crippen LogP contribution in [0.3, 0.4) is 0 Å². The Kier molecular flexibility index (Phi) is 6.99. The largest absolute Gasteiger partial charge is 0.492 e. The summed E-state index contributed by atoms with van der Waals surface area (Å²) in [5, 5.41) is 13.5. The molecule has 0 amide bonds. The van der Waals surface area contributed by atoms with Crippen molar-refractivity contribution in [2.45, 2.75) is 38.3 Å². The van der Waals surface area contributed by atoms with Crippen molar-refractivity contribution >= 4 is 5.97 Å². The Balaban J connectivity index is 1.27. The molecule has 162 valence electrons. The normalized spacial score (nSPS) is 16.5. The molecule has 6 heteroatoms. The number of aliphatic carboxylic acids is 1. The van der Waals surface area contributed by atoms with Gasteiger partial charge in [0.2, 0.25) is 0 Å². The standard InChI is InChI=1S/C25H29N3O3/c29-25(30)9-5-16-27-15-4-8-22(27)19-31-23-12-10-20(11-13-23)18-28-17-14-24(26-28)21-6-2-1-3-7-21/h1-3,6-7,10-14,17,22H,4-5,8-9,15-16,18-19H2,(H,29,30). The lowest BCUT2D eigenvalue weighted by Gasteiger charge is -2.24. The number of carboxylic acids is 1. The number of hydrogen-bond acceptors (Lipinski definition) is 4. The number of benzene rings is 2. The second kappa shape index (κ2) is 10.3. The SMILES string of the molecule is O=C(O)CCCN1CCCC1COc1ccc(Cn2ccc(-c3ccccc3)n2)cc1. The zero-order valence-corrected chi connectivity index (χ0v) is 17.7. The first-order valence-electron chi connectivity index (χ1n) is 10.9. The van der Waals surface area contributed by atoms with Gasteiger partial charge in [0, 0.05) is 24.2 Å². The average Bonchev–Trinajstić information content (AvgIpc) is 3.43. The van der Waals surface area contributed by atoms with Gasteiger partial charge in [-0.05, 0) is 56.1 Å². The van der Waals surface area contributed by atoms with Gasteiger partial charge in [-0.25, -0.2) is 0 Å². The number of carboxylic acid groups (broad SMARTS) is 1. The van der Waals surface area contributed by atoms with Crippen LogP contribution in [-0.2, 0) is 11.3 Å². The van der Waals surface area contributed by atoms with Crippen LogP contribution >= 0.6 is 0 Å². The summed E-state index contributed by atoms with van der Waals surface area (Å²) in [5.74, 6) is 0.144. The zero-order valence-electron chi connectivity index (χ0n) is 17.7. The van der Waals surface area contributed by atoms with E-state index in [4.69, 9.17) is 9.84 Å². The molecule has 1 N–H and O–H groups in total. The highest BCUT2D eigenvalue weighted by atomic mass is 16.5. The molecule has 2 aromatic carbocycles. The summed E-state index contributed by atoms with van der Waals surface area (Å²) >= 11 is 0. The number of aromatic nitrogens is 2. The van der Waals surface area contributed by atoms with Crippen molar-refractivity contribution in [1.29, 1.82) is 0 Å². The fraction of sp³-hybridized carbons (Fsp3) is 0.360. The maximum atomic E-state index is 10.7. The van der Waals surface area contributed by atoms with Crippen LogP contribution in [0.25, 0.3) is 11.3 Å². The van der Waals surface area contributed by atoms with Gasteiger partial charge in [0.05, 0.1) is 12.2 Å². The highest BCUT2D eigenvalue weighted by Crippen LogP contribution is 2.21. The summed E-state index contributed by atoms with van der Waals surface area (Å²) in [6.07, 6.45) is 5.18. The molecule has 0 saturated carbocycles. The van der Waals surface area contributed by atoms with E-state index >= 15 is 0 Å². The molecule has 0 aliphatic carbocycles. The maximum absolute atomic E-state index is 10.7. The third kappa shape index (κ3) is 5.95. The molecule has 1 unspecified atom stereocenters. The average molecular weight is 420 g/mol. The lowest BCUT2D eigenvalue weighted by atomic mass is 10.2. The minimum Gasteiger partial charge on any atom is -0.492 e. The third-order valence-electron chi connectivity index (χ3n) is 5.76. The first kappa shape index (κ1) is 21.1. The van der Waals surface area contributed by atoms with Crippen LogP contribution in [0.1, 0.15) is 31.2 Å². The molecule has 2 heterocycles. The lowest BCUT2D eigenvalue weighted by molar-refractivity contribution is -0.137. The minimum absolute atomic E-state index is 0.231. The molecule has 3 aromatic rings. The Morgan fingerprint density at radius 2 is 1.90 bits per heavy atom. The molecule has 0 radical (unpaired) electrons. The molecule has 1 saturated heterocycles. The lowest BCUT2D eigenvalue weighted by Crippen LogP contribution is -2.35. The summed E-state index contributed by atoms with van der Waals surface area (Å²) in [7, 11) is 0. The van der Waals surface area contributed by atoms with Gasteiger partial charge in [0.15, 0.2) is 0 Å². The molecule has 1 aromatic heterocycles. The summed E-state index contributed by atoms with van der Waals surface area (Å²) in [4.78, 5) is 13.1. The van der Waals surface area contributed by atoms with Crippen molar-refractivity contribution in [3.63, 3.8) is 0 Å². The fourth-order valence-corrected chi connectivity index (χ4v) is 4.09. The summed E-state index contributed by atoms with van der Waals surface area (Å²) in [5.41, 5.74) is 3.27. The summed E-state index contributed by atoms with van der Waals surface area (Å²) in [6.45, 7) is 3.22. The predicted octanol–water partition coefficient (Wildman–Crippen LogP) is 4.31. The van der Waals surface area contributed by atoms with E-state index in [0.29, 0.717) is 25.6 Å². The Labute approximate surface area is 183 Å². The van der Waals surface area contributed by atoms with Crippen LogP contribution in [-0.4, -0.2) is 51.5 Å². The van der Waals surface area contributed by atoms with E-state index < -0.39 is 5.97 Å². The number of ether oxygens (including phenoxy) is 1. The van der Waals surface area contributed by atoms with Crippen molar-refractivity contribution in [1.82, 2.24) is 14.7 Å². The number of nitrogens with zero attached hydrogens (tertiary/aromatic N) is 3. The Hall–Kier alpha value is -3.12. The van der Waals surface area contributed by atoms with Crippen LogP contribution in [0.5, 0.6) is 5.75 Å². The van der Waals surface area contributed by atoms with E-state index in [1.807, 2.05) is 47.3 Å². The first-order chi connectivity index (χ1) is 15.2. The second-order valence-corrected chi connectivity index (χ2v) is 8.05. The Morgan fingerprint density at radius 3 is 2.68 bits per heavy atom. The Bertz CT molecular complexity index is 969. The first-order valence-corrected chi connectivity index (χ1v) is 10.9. The van der Waals surface area contributed by atoms with Crippen molar-refractivity contribution in [3.05, 3.63) is 72.4 Å². The molecule has 1 fully saturated rings. The zero-order chi connectivity index (χ0) is 21.5. The molecule has 4 rings (SSSR count). The van der Waals surface area contributed by atoms with Gasteiger partial charge in [0.1, 0.15) is 12.4 Å². The van der Waals surface area contributed by atoms with Crippen molar-refractivity contribution in [2.75, 3.05) is 19.7 Å². The number of rotatable bonds is 10. The van der Waals surface area contributed by atoms with E-state index in [9.17, 15) is 4.79 Å². The summed E-state index contributed by atoms with van der Waals surface area (Å²) < 4.78 is 7.98. The van der Waals surface area contributed by atoms with Gasteiger partial charge in [-0.1, -0.05) is 42.5 Å². The molecular weight excluding hydrogens is 390 g/mol. The van der Waals surface area contributed by atoms with E-state index in [2.05, 4.69) is 34.3 Å². The maximum Gasteiger partial charge on any atom is 0.303 e. The van der Waals surface area contributed by atoms with Gasteiger partial charge in [-0.15, -0.1) is 0 Å². The number of likely N-dealkylation sites (tertiary alicyclic amines) is 1. The Morgan fingerprint density at radius 1 is 1.10 bits per heavy atom. The van der Waals surface area contributed by atoms with Crippen LogP contribution in [0.2, 0.25) is 0 Å². The molecule has 1 atom stereocenters. The van der Waals surface area contributed by atoms with Crippen molar-refractivity contribution in [3.8, 4) is 17.0 Å². The molecule has 1 aliphatic rings. The van der Waals surface area contributed by atoms with Gasteiger partial charge in [-0.3, -0.25) is 14.4 Å². The van der Waals surface area contributed by atoms with Gasteiger partial charge in [-0.2, -0.15) is 5.10 Å². The topological polar surface area (TPSA) is 67.6 Å². The van der Waals surface area contributed by atoms with Gasteiger partial charge >= 0.3 is 5.97 Å². The van der Waals surface area contributed by atoms with Crippen LogP contribution in [0.4, 0.5) is 0 Å². The van der Waals surface area contributed by atoms with E-state index in [-0.39, 0.29) is 6.42 Å². The van der Waals surface area contributed by atoms with Gasteiger partial charge in [0.25, 0.3) is 0 Å². The van der Waals surface area contributed by atoms with Crippen LogP contribution in [0, 0.1) is 0 Å². The van der Waals surface area contributed by atoms with Crippen LogP contribution in [0.15, 0.2) is 66.9 Å². The fourth-order valence-electron chi connectivity index (χ4n) is 4.09. The highest BCUT2D eigenvalue weighted by Gasteiger charge is 2.24. The molecule has 0 bridgehead atoms. The van der Waals surface area contributed by atoms with Crippen molar-refractivity contribution in [2.24, 2.45) is 0 Å². The molecule has 1 aliphatic heterocycles. The molecular formula is C25H29N3O3. The second-order valence-electron chi connectivity index (χ2n) is 8.05. The van der Waals surface area contributed by atoms with E-state index in [0.717, 1.165) is 42.9 Å². The smallest absolute Gasteiger partial charge is 0.303 e. The molecule has 31 heavy (non-hydrogen) atoms. The van der Waals surface area contributed by atoms with Gasteiger partial charge < -0.3 is 9.84 Å².